The number of rotatable bonds is 6. The number of esters is 1. The Hall–Kier alpha value is -2.49. The van der Waals surface area contributed by atoms with Crippen LogP contribution in [-0.2, 0) is 19.4 Å². The lowest BCUT2D eigenvalue weighted by molar-refractivity contribution is -0.387. The smallest absolute Gasteiger partial charge is 0.339 e. The van der Waals surface area contributed by atoms with E-state index in [4.69, 9.17) is 4.74 Å². The van der Waals surface area contributed by atoms with Gasteiger partial charge in [-0.2, -0.15) is 0 Å². The molecule has 1 aromatic carbocycles. The summed E-state index contributed by atoms with van der Waals surface area (Å²) >= 11 is 0. The average molecular weight is 412 g/mol. The minimum absolute atomic E-state index is 0.109. The number of likely N-dealkylation sites (tertiary alicyclic amines) is 1. The second-order valence-corrected chi connectivity index (χ2v) is 8.83. The van der Waals surface area contributed by atoms with Gasteiger partial charge in [0.2, 0.25) is 0 Å². The van der Waals surface area contributed by atoms with Crippen LogP contribution in [0.4, 0.5) is 5.69 Å². The van der Waals surface area contributed by atoms with Crippen molar-refractivity contribution in [2.24, 2.45) is 0 Å². The topological polar surface area (TPSA) is 124 Å². The Morgan fingerprint density at radius 3 is 2.61 bits per heavy atom. The van der Waals surface area contributed by atoms with Gasteiger partial charge in [-0.1, -0.05) is 6.92 Å². The molecule has 154 valence electrons. The second kappa shape index (κ2) is 8.68. The van der Waals surface area contributed by atoms with E-state index in [-0.39, 0.29) is 17.5 Å². The van der Waals surface area contributed by atoms with Crippen LogP contribution in [0.15, 0.2) is 23.1 Å². The van der Waals surface area contributed by atoms with Gasteiger partial charge in [-0.05, 0) is 44.7 Å². The molecule has 10 heteroatoms. The molecule has 0 aliphatic carbocycles. The lowest BCUT2D eigenvalue weighted by Crippen LogP contribution is -2.48. The van der Waals surface area contributed by atoms with E-state index < -0.39 is 37.4 Å². The van der Waals surface area contributed by atoms with Gasteiger partial charge >= 0.3 is 5.97 Å². The molecule has 1 saturated heterocycles. The molecule has 1 aliphatic heterocycles. The Morgan fingerprint density at radius 1 is 1.36 bits per heavy atom. The Kier molecular flexibility index (Phi) is 6.76. The van der Waals surface area contributed by atoms with Gasteiger partial charge in [0.15, 0.2) is 15.9 Å². The normalized spacial score (nSPS) is 18.4. The van der Waals surface area contributed by atoms with E-state index in [1.807, 2.05) is 6.92 Å². The molecule has 9 nitrogen and oxygen atoms in total. The van der Waals surface area contributed by atoms with Crippen LogP contribution in [0.3, 0.4) is 0 Å². The van der Waals surface area contributed by atoms with E-state index in [1.165, 1.54) is 6.92 Å². The predicted octanol–water partition coefficient (Wildman–Crippen LogP) is 2.33. The summed E-state index contributed by atoms with van der Waals surface area (Å²) in [6.45, 7) is 4.06. The van der Waals surface area contributed by atoms with E-state index in [0.29, 0.717) is 6.54 Å². The Labute approximate surface area is 163 Å². The fourth-order valence-electron chi connectivity index (χ4n) is 3.33. The molecule has 0 N–H and O–H groups in total. The Bertz CT molecular complexity index is 882. The second-order valence-electron chi connectivity index (χ2n) is 6.85. The molecule has 2 unspecified atom stereocenters. The van der Waals surface area contributed by atoms with Crippen LogP contribution in [0.2, 0.25) is 0 Å². The highest BCUT2D eigenvalue weighted by Gasteiger charge is 2.31. The van der Waals surface area contributed by atoms with Gasteiger partial charge in [-0.25, -0.2) is 13.2 Å². The molecule has 1 amide bonds. The number of nitrogens with zero attached hydrogens (tertiary/aromatic N) is 2. The van der Waals surface area contributed by atoms with E-state index in [1.54, 1.807) is 4.90 Å². The number of ether oxygens (including phenoxy) is 1. The molecule has 2 atom stereocenters. The van der Waals surface area contributed by atoms with E-state index >= 15 is 0 Å². The summed E-state index contributed by atoms with van der Waals surface area (Å²) < 4.78 is 28.5. The van der Waals surface area contributed by atoms with Crippen molar-refractivity contribution in [3.8, 4) is 0 Å². The minimum Gasteiger partial charge on any atom is -0.449 e. The third-order valence-corrected chi connectivity index (χ3v) is 5.95. The fourth-order valence-corrected chi connectivity index (χ4v) is 4.16. The third kappa shape index (κ3) is 4.86. The zero-order valence-corrected chi connectivity index (χ0v) is 16.9. The van der Waals surface area contributed by atoms with E-state index in [0.717, 1.165) is 50.1 Å². The van der Waals surface area contributed by atoms with Crippen LogP contribution in [0, 0.1) is 10.1 Å². The number of piperidine rings is 1. The van der Waals surface area contributed by atoms with Crippen LogP contribution in [0.25, 0.3) is 0 Å². The number of hydrogen-bond donors (Lipinski definition) is 0. The SMILES string of the molecule is CCC1CCCCN1C(=O)C(C)OC(=O)c1ccc(S(C)(=O)=O)c([N+](=O)[O-])c1. The fraction of sp³-hybridized carbons (Fsp3) is 0.556. The molecule has 1 heterocycles. The molecule has 1 fully saturated rings. The van der Waals surface area contributed by atoms with E-state index in [2.05, 4.69) is 0 Å². The quantitative estimate of drug-likeness (QED) is 0.399. The van der Waals surface area contributed by atoms with Gasteiger partial charge in [0.1, 0.15) is 4.90 Å². The maximum atomic E-state index is 12.7. The molecule has 0 bridgehead atoms. The molecule has 0 spiro atoms. The highest BCUT2D eigenvalue weighted by Crippen LogP contribution is 2.26. The monoisotopic (exact) mass is 412 g/mol. The first kappa shape index (κ1) is 21.8. The molecule has 0 saturated carbocycles. The van der Waals surface area contributed by atoms with Crippen molar-refractivity contribution in [2.45, 2.75) is 56.6 Å². The Balaban J connectivity index is 2.19. The van der Waals surface area contributed by atoms with E-state index in [9.17, 15) is 28.1 Å². The number of nitro benzene ring substituents is 1. The molecule has 1 aromatic rings. The molecule has 28 heavy (non-hydrogen) atoms. The number of benzene rings is 1. The highest BCUT2D eigenvalue weighted by molar-refractivity contribution is 7.90. The van der Waals surface area contributed by atoms with Crippen molar-refractivity contribution < 1.29 is 27.7 Å². The minimum atomic E-state index is -3.84. The number of carbonyl (C=O) groups is 2. The van der Waals surface area contributed by atoms with Gasteiger partial charge in [-0.15, -0.1) is 0 Å². The van der Waals surface area contributed by atoms with Gasteiger partial charge in [-0.3, -0.25) is 14.9 Å². The largest absolute Gasteiger partial charge is 0.449 e. The number of hydrogen-bond acceptors (Lipinski definition) is 7. The summed E-state index contributed by atoms with van der Waals surface area (Å²) in [6, 6.07) is 3.09. The molecular formula is C18H24N2O7S. The van der Waals surface area contributed by atoms with Gasteiger partial charge in [0.05, 0.1) is 10.5 Å². The molecule has 2 rings (SSSR count). The van der Waals surface area contributed by atoms with Crippen LogP contribution in [-0.4, -0.2) is 55.1 Å². The van der Waals surface area contributed by atoms with Gasteiger partial charge in [0.25, 0.3) is 11.6 Å². The standard InChI is InChI=1S/C18H24N2O7S/c1-4-14-7-5-6-10-19(14)17(21)12(2)27-18(22)13-8-9-16(28(3,25)26)15(11-13)20(23)24/h8-9,11-12,14H,4-7,10H2,1-3H3. The lowest BCUT2D eigenvalue weighted by atomic mass is 9.99. The molecule has 0 aromatic heterocycles. The maximum Gasteiger partial charge on any atom is 0.339 e. The van der Waals surface area contributed by atoms with Gasteiger partial charge in [0, 0.05) is 24.9 Å². The van der Waals surface area contributed by atoms with Crippen molar-refractivity contribution in [2.75, 3.05) is 12.8 Å². The maximum absolute atomic E-state index is 12.7. The summed E-state index contributed by atoms with van der Waals surface area (Å²) in [5, 5.41) is 11.2. The number of amides is 1. The summed E-state index contributed by atoms with van der Waals surface area (Å²) in [5.41, 5.74) is -0.901. The average Bonchev–Trinajstić information content (AvgIpc) is 2.65. The first-order valence-electron chi connectivity index (χ1n) is 9.06. The van der Waals surface area contributed by atoms with Gasteiger partial charge < -0.3 is 9.64 Å². The van der Waals surface area contributed by atoms with Crippen LogP contribution in [0.5, 0.6) is 0 Å². The van der Waals surface area contributed by atoms with Crippen molar-refractivity contribution in [3.63, 3.8) is 0 Å². The molecule has 1 aliphatic rings. The summed E-state index contributed by atoms with van der Waals surface area (Å²) in [7, 11) is -3.84. The van der Waals surface area contributed by atoms with Crippen molar-refractivity contribution in [1.29, 1.82) is 0 Å². The number of carbonyl (C=O) groups excluding carboxylic acids is 2. The van der Waals surface area contributed by atoms with Crippen LogP contribution >= 0.6 is 0 Å². The number of sulfone groups is 1. The summed E-state index contributed by atoms with van der Waals surface area (Å²) in [4.78, 5) is 36.6. The highest BCUT2D eigenvalue weighted by atomic mass is 32.2. The molecule has 0 radical (unpaired) electrons. The number of nitro groups is 1. The first-order chi connectivity index (χ1) is 13.1. The zero-order valence-electron chi connectivity index (χ0n) is 16.1. The van der Waals surface area contributed by atoms with Crippen molar-refractivity contribution >= 4 is 27.4 Å². The van der Waals surface area contributed by atoms with Crippen molar-refractivity contribution in [3.05, 3.63) is 33.9 Å². The predicted molar refractivity (Wildman–Crippen MR) is 101 cm³/mol. The summed E-state index contributed by atoms with van der Waals surface area (Å²) in [5.74, 6) is -1.23. The first-order valence-corrected chi connectivity index (χ1v) is 10.9. The summed E-state index contributed by atoms with van der Waals surface area (Å²) in [6.07, 6.45) is 3.45. The van der Waals surface area contributed by atoms with Crippen LogP contribution in [0.1, 0.15) is 49.9 Å². The van der Waals surface area contributed by atoms with Crippen molar-refractivity contribution in [1.82, 2.24) is 4.90 Å². The lowest BCUT2D eigenvalue weighted by Gasteiger charge is -2.36. The Morgan fingerprint density at radius 2 is 2.04 bits per heavy atom. The van der Waals surface area contributed by atoms with Crippen LogP contribution < -0.4 is 0 Å². The third-order valence-electron chi connectivity index (χ3n) is 4.80. The zero-order chi connectivity index (χ0) is 21.1. The molecular weight excluding hydrogens is 388 g/mol.